The van der Waals surface area contributed by atoms with E-state index in [1.807, 2.05) is 0 Å². The number of hydrogen-bond donors (Lipinski definition) is 0. The van der Waals surface area contributed by atoms with E-state index in [1.54, 1.807) is 44.2 Å². The molecule has 0 saturated carbocycles. The highest BCUT2D eigenvalue weighted by Gasteiger charge is 2.43. The highest BCUT2D eigenvalue weighted by molar-refractivity contribution is 7.85. The summed E-state index contributed by atoms with van der Waals surface area (Å²) in [5.74, 6) is 0. The highest BCUT2D eigenvalue weighted by Crippen LogP contribution is 2.25. The van der Waals surface area contributed by atoms with Crippen LogP contribution in [-0.4, -0.2) is 38.6 Å². The van der Waals surface area contributed by atoms with E-state index in [1.165, 1.54) is 11.4 Å². The van der Waals surface area contributed by atoms with Crippen molar-refractivity contribution in [2.75, 3.05) is 11.4 Å². The Labute approximate surface area is 114 Å². The van der Waals surface area contributed by atoms with Crippen molar-refractivity contribution in [1.82, 2.24) is 9.21 Å². The second-order valence-corrected chi connectivity index (χ2v) is 5.62. The lowest BCUT2D eigenvalue weighted by molar-refractivity contribution is 0.177. The summed E-state index contributed by atoms with van der Waals surface area (Å²) >= 11 is -1.85. The second kappa shape index (κ2) is 5.00. The Morgan fingerprint density at radius 3 is 2.16 bits per heavy atom. The van der Waals surface area contributed by atoms with Gasteiger partial charge in [0, 0.05) is 13.1 Å². The van der Waals surface area contributed by atoms with Crippen molar-refractivity contribution in [1.29, 1.82) is 0 Å². The average molecular weight is 281 g/mol. The summed E-state index contributed by atoms with van der Waals surface area (Å²) in [6.07, 6.45) is 0. The van der Waals surface area contributed by atoms with Gasteiger partial charge in [-0.1, -0.05) is 18.2 Å². The van der Waals surface area contributed by atoms with Crippen molar-refractivity contribution in [3.63, 3.8) is 0 Å². The van der Waals surface area contributed by atoms with Crippen molar-refractivity contribution < 1.29 is 13.8 Å². The molecule has 1 atom stereocenters. The van der Waals surface area contributed by atoms with E-state index in [-0.39, 0.29) is 6.04 Å². The van der Waals surface area contributed by atoms with Gasteiger partial charge in [-0.3, -0.25) is 0 Å². The zero-order valence-electron chi connectivity index (χ0n) is 10.9. The van der Waals surface area contributed by atoms with Gasteiger partial charge in [-0.15, -0.1) is 0 Å². The van der Waals surface area contributed by atoms with E-state index in [0.717, 1.165) is 9.21 Å². The summed E-state index contributed by atoms with van der Waals surface area (Å²) < 4.78 is 14.7. The fraction of sp³-hybridized carbons (Fsp3) is 0.333. The molecule has 19 heavy (non-hydrogen) atoms. The first-order valence-electron chi connectivity index (χ1n) is 5.83. The standard InChI is InChI=1S/C12H15N3O3S/c1-9(2)14-11(16)13(3)12(17)15(19(14)18)10-7-5-4-6-8-10/h4-9H,1-3H3. The Hall–Kier alpha value is -1.89. The Kier molecular flexibility index (Phi) is 3.57. The number of benzene rings is 1. The van der Waals surface area contributed by atoms with Gasteiger partial charge >= 0.3 is 12.1 Å². The molecule has 2 rings (SSSR count). The number of rotatable bonds is 2. The number of urea groups is 2. The van der Waals surface area contributed by atoms with E-state index < -0.39 is 23.2 Å². The van der Waals surface area contributed by atoms with Crippen molar-refractivity contribution in [2.45, 2.75) is 19.9 Å². The Morgan fingerprint density at radius 1 is 1.05 bits per heavy atom. The zero-order chi connectivity index (χ0) is 14.2. The molecule has 1 saturated heterocycles. The van der Waals surface area contributed by atoms with Gasteiger partial charge in [0.1, 0.15) is 0 Å². The minimum atomic E-state index is -1.85. The van der Waals surface area contributed by atoms with Crippen LogP contribution in [0.1, 0.15) is 13.8 Å². The number of carbonyl (C=O) groups is 2. The van der Waals surface area contributed by atoms with Gasteiger partial charge in [0.05, 0.1) is 5.69 Å². The van der Waals surface area contributed by atoms with Gasteiger partial charge in [0.25, 0.3) is 0 Å². The van der Waals surface area contributed by atoms with Crippen LogP contribution in [-0.2, 0) is 11.2 Å². The first-order valence-corrected chi connectivity index (χ1v) is 6.89. The lowest BCUT2D eigenvalue weighted by atomic mass is 10.3. The van der Waals surface area contributed by atoms with Crippen molar-refractivity contribution in [3.8, 4) is 0 Å². The van der Waals surface area contributed by atoms with E-state index in [2.05, 4.69) is 0 Å². The fourth-order valence-electron chi connectivity index (χ4n) is 1.75. The van der Waals surface area contributed by atoms with Crippen LogP contribution in [0.2, 0.25) is 0 Å². The molecule has 1 unspecified atom stereocenters. The van der Waals surface area contributed by atoms with Crippen LogP contribution < -0.4 is 4.31 Å². The normalized spacial score (nSPS) is 20.4. The zero-order valence-corrected chi connectivity index (χ0v) is 11.8. The molecule has 0 N–H and O–H groups in total. The van der Waals surface area contributed by atoms with Gasteiger partial charge in [0.15, 0.2) is 0 Å². The largest absolute Gasteiger partial charge is 0.345 e. The molecule has 7 heteroatoms. The van der Waals surface area contributed by atoms with Crippen LogP contribution in [0.4, 0.5) is 15.3 Å². The van der Waals surface area contributed by atoms with Crippen LogP contribution in [0.25, 0.3) is 0 Å². The predicted molar refractivity (Wildman–Crippen MR) is 72.6 cm³/mol. The summed E-state index contributed by atoms with van der Waals surface area (Å²) in [4.78, 5) is 25.1. The van der Waals surface area contributed by atoms with Crippen LogP contribution in [0.5, 0.6) is 0 Å². The predicted octanol–water partition coefficient (Wildman–Crippen LogP) is 1.97. The van der Waals surface area contributed by atoms with Crippen LogP contribution in [0.3, 0.4) is 0 Å². The quantitative estimate of drug-likeness (QED) is 0.832. The SMILES string of the molecule is CC(C)N1C(=O)N(C)C(=O)N(c2ccccc2)S1=O. The van der Waals surface area contributed by atoms with Crippen molar-refractivity contribution in [2.24, 2.45) is 0 Å². The Bertz CT molecular complexity index is 532. The molecule has 1 aromatic carbocycles. The third-order valence-electron chi connectivity index (χ3n) is 2.72. The second-order valence-electron chi connectivity index (χ2n) is 4.40. The van der Waals surface area contributed by atoms with Crippen LogP contribution in [0, 0.1) is 0 Å². The molecule has 1 aromatic rings. The molecule has 102 valence electrons. The monoisotopic (exact) mass is 281 g/mol. The molecule has 6 nitrogen and oxygen atoms in total. The number of carbonyl (C=O) groups excluding carboxylic acids is 2. The third kappa shape index (κ3) is 2.21. The number of nitrogens with zero attached hydrogens (tertiary/aromatic N) is 3. The third-order valence-corrected chi connectivity index (χ3v) is 4.31. The highest BCUT2D eigenvalue weighted by atomic mass is 32.2. The number of anilines is 1. The lowest BCUT2D eigenvalue weighted by Crippen LogP contribution is -2.61. The van der Waals surface area contributed by atoms with Gasteiger partial charge in [-0.2, -0.15) is 4.31 Å². The summed E-state index contributed by atoms with van der Waals surface area (Å²) in [7, 11) is 1.38. The smallest absolute Gasteiger partial charge is 0.247 e. The molecule has 1 heterocycles. The van der Waals surface area contributed by atoms with Crippen molar-refractivity contribution >= 4 is 28.9 Å². The molecule has 0 aliphatic carbocycles. The van der Waals surface area contributed by atoms with E-state index in [0.29, 0.717) is 5.69 Å². The maximum absolute atomic E-state index is 12.4. The van der Waals surface area contributed by atoms with Gasteiger partial charge < -0.3 is 0 Å². The van der Waals surface area contributed by atoms with Crippen LogP contribution in [0.15, 0.2) is 30.3 Å². The minimum Gasteiger partial charge on any atom is -0.247 e. The summed E-state index contributed by atoms with van der Waals surface area (Å²) in [6.45, 7) is 3.51. The number of amides is 4. The molecule has 4 amide bonds. The van der Waals surface area contributed by atoms with Crippen LogP contribution >= 0.6 is 0 Å². The molecular formula is C12H15N3O3S. The summed E-state index contributed by atoms with van der Waals surface area (Å²) in [6, 6.07) is 7.24. The molecule has 1 fully saturated rings. The van der Waals surface area contributed by atoms with E-state index in [9.17, 15) is 13.8 Å². The van der Waals surface area contributed by atoms with Gasteiger partial charge in [0.2, 0.25) is 11.2 Å². The summed E-state index contributed by atoms with van der Waals surface area (Å²) in [5.41, 5.74) is 0.496. The van der Waals surface area contributed by atoms with E-state index >= 15 is 0 Å². The Balaban J connectivity index is 2.46. The Morgan fingerprint density at radius 2 is 1.63 bits per heavy atom. The molecule has 0 aromatic heterocycles. The molecule has 0 radical (unpaired) electrons. The van der Waals surface area contributed by atoms with Gasteiger partial charge in [-0.05, 0) is 26.0 Å². The maximum atomic E-state index is 12.4. The molecule has 0 spiro atoms. The minimum absolute atomic E-state index is 0.268. The first-order chi connectivity index (χ1) is 8.95. The fourth-order valence-corrected chi connectivity index (χ4v) is 3.10. The number of imide groups is 1. The topological polar surface area (TPSA) is 60.9 Å². The van der Waals surface area contributed by atoms with E-state index in [4.69, 9.17) is 0 Å². The number of hydrogen-bond acceptors (Lipinski definition) is 3. The number of para-hydroxylation sites is 1. The molecule has 1 aliphatic rings. The first kappa shape index (κ1) is 13.5. The molecule has 1 aliphatic heterocycles. The van der Waals surface area contributed by atoms with Gasteiger partial charge in [-0.25, -0.2) is 23.0 Å². The molecule has 0 bridgehead atoms. The summed E-state index contributed by atoms with van der Waals surface area (Å²) in [5, 5.41) is 0. The molecular weight excluding hydrogens is 266 g/mol. The van der Waals surface area contributed by atoms with Crippen molar-refractivity contribution in [3.05, 3.63) is 30.3 Å². The lowest BCUT2D eigenvalue weighted by Gasteiger charge is -2.39. The average Bonchev–Trinajstić information content (AvgIpc) is 2.37. The maximum Gasteiger partial charge on any atom is 0.345 e.